The first-order valence-corrected chi connectivity index (χ1v) is 9.97. The second-order valence-electron chi connectivity index (χ2n) is 7.23. The van der Waals surface area contributed by atoms with E-state index in [0.717, 1.165) is 37.7 Å². The summed E-state index contributed by atoms with van der Waals surface area (Å²) in [5.74, 6) is -1.14. The van der Waals surface area contributed by atoms with Gasteiger partial charge in [-0.1, -0.05) is 44.7 Å². The third-order valence-electron chi connectivity index (χ3n) is 4.43. The van der Waals surface area contributed by atoms with Crippen LogP contribution < -0.4 is 16.4 Å². The monoisotopic (exact) mass is 391 g/mol. The molecule has 5 N–H and O–H groups in total. The van der Waals surface area contributed by atoms with Crippen LogP contribution in [0.15, 0.2) is 24.3 Å². The van der Waals surface area contributed by atoms with Crippen molar-refractivity contribution in [3.63, 3.8) is 0 Å². The van der Waals surface area contributed by atoms with Crippen LogP contribution in [0.3, 0.4) is 0 Å². The van der Waals surface area contributed by atoms with Crippen molar-refractivity contribution >= 4 is 17.7 Å². The van der Waals surface area contributed by atoms with Crippen LogP contribution in [0, 0.1) is 0 Å². The van der Waals surface area contributed by atoms with Gasteiger partial charge in [-0.25, -0.2) is 0 Å². The Morgan fingerprint density at radius 1 is 1.04 bits per heavy atom. The maximum atomic E-state index is 12.5. The van der Waals surface area contributed by atoms with Crippen LogP contribution in [0.1, 0.15) is 64.4 Å². The van der Waals surface area contributed by atoms with E-state index in [1.165, 1.54) is 0 Å². The molecule has 0 heterocycles. The first kappa shape index (κ1) is 23.5. The standard InChI is InChI=1S/C21H33N3O4/c1-3-4-5-6-7-8-20(27)24-18(14-19(22)26)21(28)23-15(2)13-16-9-11-17(25)12-10-16/h9-12,15,18,25H,3-8,13-14H2,1-2H3,(H2,22,26)(H,23,28)(H,24,27)/t15-,18+/m0/s1. The fourth-order valence-corrected chi connectivity index (χ4v) is 2.95. The van der Waals surface area contributed by atoms with Gasteiger partial charge < -0.3 is 21.5 Å². The molecule has 0 bridgehead atoms. The van der Waals surface area contributed by atoms with Gasteiger partial charge >= 0.3 is 0 Å². The molecule has 0 fully saturated rings. The van der Waals surface area contributed by atoms with Crippen molar-refractivity contribution in [1.82, 2.24) is 10.6 Å². The highest BCUT2D eigenvalue weighted by Crippen LogP contribution is 2.11. The number of benzene rings is 1. The largest absolute Gasteiger partial charge is 0.508 e. The summed E-state index contributed by atoms with van der Waals surface area (Å²) in [6.45, 7) is 3.96. The lowest BCUT2D eigenvalue weighted by Crippen LogP contribution is -2.50. The zero-order valence-corrected chi connectivity index (χ0v) is 16.9. The highest BCUT2D eigenvalue weighted by atomic mass is 16.3. The lowest BCUT2D eigenvalue weighted by molar-refractivity contribution is -0.131. The first-order chi connectivity index (χ1) is 13.3. The molecule has 0 unspecified atom stereocenters. The fraction of sp³-hybridized carbons (Fsp3) is 0.571. The molecule has 0 saturated heterocycles. The van der Waals surface area contributed by atoms with E-state index in [1.807, 2.05) is 6.92 Å². The minimum Gasteiger partial charge on any atom is -0.508 e. The summed E-state index contributed by atoms with van der Waals surface area (Å²) in [5.41, 5.74) is 6.19. The van der Waals surface area contributed by atoms with Crippen molar-refractivity contribution in [1.29, 1.82) is 0 Å². The van der Waals surface area contributed by atoms with Gasteiger partial charge in [-0.05, 0) is 37.5 Å². The molecule has 1 aromatic rings. The number of phenolic OH excluding ortho intramolecular Hbond substituents is 1. The SMILES string of the molecule is CCCCCCCC(=O)N[C@H](CC(N)=O)C(=O)N[C@@H](C)Cc1ccc(O)cc1. The van der Waals surface area contributed by atoms with Crippen LogP contribution in [0.4, 0.5) is 0 Å². The number of phenols is 1. The van der Waals surface area contributed by atoms with Crippen LogP contribution in [0.2, 0.25) is 0 Å². The number of hydrogen-bond acceptors (Lipinski definition) is 4. The van der Waals surface area contributed by atoms with Crippen molar-refractivity contribution < 1.29 is 19.5 Å². The molecule has 1 aromatic carbocycles. The molecule has 0 spiro atoms. The van der Waals surface area contributed by atoms with E-state index >= 15 is 0 Å². The van der Waals surface area contributed by atoms with Crippen LogP contribution >= 0.6 is 0 Å². The van der Waals surface area contributed by atoms with Crippen molar-refractivity contribution in [3.05, 3.63) is 29.8 Å². The summed E-state index contributed by atoms with van der Waals surface area (Å²) in [6.07, 6.45) is 5.74. The number of nitrogens with two attached hydrogens (primary N) is 1. The molecule has 7 nitrogen and oxygen atoms in total. The van der Waals surface area contributed by atoms with E-state index < -0.39 is 17.9 Å². The van der Waals surface area contributed by atoms with E-state index in [4.69, 9.17) is 5.73 Å². The molecule has 28 heavy (non-hydrogen) atoms. The molecule has 7 heteroatoms. The fourth-order valence-electron chi connectivity index (χ4n) is 2.95. The molecular formula is C21H33N3O4. The van der Waals surface area contributed by atoms with Crippen molar-refractivity contribution in [3.8, 4) is 5.75 Å². The maximum absolute atomic E-state index is 12.5. The van der Waals surface area contributed by atoms with Crippen LogP contribution in [0.5, 0.6) is 5.75 Å². The smallest absolute Gasteiger partial charge is 0.243 e. The van der Waals surface area contributed by atoms with Crippen molar-refractivity contribution in [2.45, 2.75) is 77.3 Å². The number of hydrogen-bond donors (Lipinski definition) is 4. The van der Waals surface area contributed by atoms with Gasteiger partial charge in [-0.2, -0.15) is 0 Å². The Balaban J connectivity index is 2.52. The lowest BCUT2D eigenvalue weighted by Gasteiger charge is -2.21. The Morgan fingerprint density at radius 3 is 2.29 bits per heavy atom. The number of amides is 3. The number of nitrogens with one attached hydrogen (secondary N) is 2. The van der Waals surface area contributed by atoms with Gasteiger partial charge in [-0.3, -0.25) is 14.4 Å². The van der Waals surface area contributed by atoms with Gasteiger partial charge in [0.05, 0.1) is 6.42 Å². The molecule has 1 rings (SSSR count). The summed E-state index contributed by atoms with van der Waals surface area (Å²) in [4.78, 5) is 35.9. The molecule has 0 aromatic heterocycles. The van der Waals surface area contributed by atoms with Gasteiger partial charge in [0.25, 0.3) is 0 Å². The van der Waals surface area contributed by atoms with Crippen LogP contribution in [-0.2, 0) is 20.8 Å². The van der Waals surface area contributed by atoms with E-state index in [-0.39, 0.29) is 24.1 Å². The zero-order chi connectivity index (χ0) is 20.9. The van der Waals surface area contributed by atoms with Crippen molar-refractivity contribution in [2.24, 2.45) is 5.73 Å². The van der Waals surface area contributed by atoms with Gasteiger partial charge in [0.15, 0.2) is 0 Å². The summed E-state index contributed by atoms with van der Waals surface area (Å²) < 4.78 is 0. The number of unbranched alkanes of at least 4 members (excludes halogenated alkanes) is 4. The Morgan fingerprint density at radius 2 is 1.68 bits per heavy atom. The molecule has 3 amide bonds. The molecule has 0 saturated carbocycles. The third kappa shape index (κ3) is 9.94. The molecule has 156 valence electrons. The average molecular weight is 392 g/mol. The summed E-state index contributed by atoms with van der Waals surface area (Å²) in [7, 11) is 0. The summed E-state index contributed by atoms with van der Waals surface area (Å²) in [6, 6.07) is 5.54. The molecular weight excluding hydrogens is 358 g/mol. The van der Waals surface area contributed by atoms with E-state index in [1.54, 1.807) is 24.3 Å². The third-order valence-corrected chi connectivity index (χ3v) is 4.43. The first-order valence-electron chi connectivity index (χ1n) is 9.97. The molecule has 0 aliphatic heterocycles. The Labute approximate surface area is 167 Å². The highest BCUT2D eigenvalue weighted by Gasteiger charge is 2.24. The van der Waals surface area contributed by atoms with Gasteiger partial charge in [0.1, 0.15) is 11.8 Å². The minimum absolute atomic E-state index is 0.180. The Hall–Kier alpha value is -2.57. The minimum atomic E-state index is -0.970. The number of primary amides is 1. The van der Waals surface area contributed by atoms with Gasteiger partial charge in [0.2, 0.25) is 17.7 Å². The normalized spacial score (nSPS) is 12.8. The number of carbonyl (C=O) groups excluding carboxylic acids is 3. The predicted octanol–water partition coefficient (Wildman–Crippen LogP) is 2.16. The Kier molecular flexibility index (Phi) is 10.7. The summed E-state index contributed by atoms with van der Waals surface area (Å²) >= 11 is 0. The van der Waals surface area contributed by atoms with Crippen LogP contribution in [-0.4, -0.2) is 34.9 Å². The second kappa shape index (κ2) is 12.8. The molecule has 0 aliphatic carbocycles. The average Bonchev–Trinajstić information content (AvgIpc) is 2.62. The highest BCUT2D eigenvalue weighted by molar-refractivity contribution is 5.91. The molecule has 2 atom stereocenters. The second-order valence-corrected chi connectivity index (χ2v) is 7.23. The van der Waals surface area contributed by atoms with E-state index in [0.29, 0.717) is 12.8 Å². The van der Waals surface area contributed by atoms with Crippen LogP contribution in [0.25, 0.3) is 0 Å². The van der Waals surface area contributed by atoms with E-state index in [9.17, 15) is 19.5 Å². The number of rotatable bonds is 13. The van der Waals surface area contributed by atoms with Gasteiger partial charge in [-0.15, -0.1) is 0 Å². The topological polar surface area (TPSA) is 122 Å². The number of aromatic hydroxyl groups is 1. The maximum Gasteiger partial charge on any atom is 0.243 e. The quantitative estimate of drug-likeness (QED) is 0.385. The lowest BCUT2D eigenvalue weighted by atomic mass is 10.1. The van der Waals surface area contributed by atoms with Gasteiger partial charge in [0, 0.05) is 12.5 Å². The number of carbonyl (C=O) groups is 3. The predicted molar refractivity (Wildman–Crippen MR) is 109 cm³/mol. The molecule has 0 radical (unpaired) electrons. The van der Waals surface area contributed by atoms with Crippen molar-refractivity contribution in [2.75, 3.05) is 0 Å². The zero-order valence-electron chi connectivity index (χ0n) is 16.9. The van der Waals surface area contributed by atoms with E-state index in [2.05, 4.69) is 17.6 Å². The Bertz CT molecular complexity index is 631. The summed E-state index contributed by atoms with van der Waals surface area (Å²) in [5, 5.41) is 14.8. The molecule has 0 aliphatic rings.